The minimum Gasteiger partial charge on any atom is -0.496 e. The van der Waals surface area contributed by atoms with Crippen LogP contribution in [0.2, 0.25) is 0 Å². The van der Waals surface area contributed by atoms with E-state index in [1.165, 1.54) is 12.1 Å². The quantitative estimate of drug-likeness (QED) is 0.569. The number of methoxy groups -OCH3 is 1. The Morgan fingerprint density at radius 2 is 1.92 bits per heavy atom. The van der Waals surface area contributed by atoms with E-state index in [2.05, 4.69) is 5.32 Å². The Kier molecular flexibility index (Phi) is 4.89. The predicted molar refractivity (Wildman–Crippen MR) is 103 cm³/mol. The summed E-state index contributed by atoms with van der Waals surface area (Å²) in [4.78, 5) is 23.7. The van der Waals surface area contributed by atoms with Gasteiger partial charge in [0.2, 0.25) is 5.91 Å². The van der Waals surface area contributed by atoms with E-state index in [9.17, 15) is 9.59 Å². The first-order valence-electron chi connectivity index (χ1n) is 8.14. The van der Waals surface area contributed by atoms with Gasteiger partial charge in [0.15, 0.2) is 0 Å². The number of rotatable bonds is 4. The molecule has 26 heavy (non-hydrogen) atoms. The second-order valence-electron chi connectivity index (χ2n) is 6.03. The third-order valence-corrected chi connectivity index (χ3v) is 4.02. The number of ether oxygens (including phenoxy) is 1. The van der Waals surface area contributed by atoms with Crippen LogP contribution in [0.3, 0.4) is 0 Å². The average molecular weight is 349 g/mol. The molecule has 1 amide bonds. The predicted octanol–water partition coefficient (Wildman–Crippen LogP) is 4.07. The number of hydrogen-bond donors (Lipinski definition) is 1. The fourth-order valence-electron chi connectivity index (χ4n) is 2.74. The second-order valence-corrected chi connectivity index (χ2v) is 6.03. The summed E-state index contributed by atoms with van der Waals surface area (Å²) in [6.45, 7) is 3.82. The Morgan fingerprint density at radius 1 is 1.12 bits per heavy atom. The van der Waals surface area contributed by atoms with Crippen molar-refractivity contribution in [1.82, 2.24) is 0 Å². The Bertz CT molecular complexity index is 1060. The van der Waals surface area contributed by atoms with Gasteiger partial charge in [0, 0.05) is 34.8 Å². The highest BCUT2D eigenvalue weighted by molar-refractivity contribution is 6.03. The molecule has 1 heterocycles. The number of carbonyl (C=O) groups excluding carboxylic acids is 1. The smallest absolute Gasteiger partial charge is 0.336 e. The Morgan fingerprint density at radius 3 is 2.69 bits per heavy atom. The SMILES string of the molecule is COc1ccc(C)cc1/C=C/C(=O)Nc1ccc2c(C)cc(=O)oc2c1. The summed E-state index contributed by atoms with van der Waals surface area (Å²) in [6.07, 6.45) is 3.14. The van der Waals surface area contributed by atoms with Crippen molar-refractivity contribution in [2.75, 3.05) is 12.4 Å². The molecule has 132 valence electrons. The van der Waals surface area contributed by atoms with Crippen LogP contribution in [0.25, 0.3) is 17.0 Å². The number of nitrogens with one attached hydrogen (secondary N) is 1. The fraction of sp³-hybridized carbons (Fsp3) is 0.143. The molecule has 0 fully saturated rings. The molecule has 5 nitrogen and oxygen atoms in total. The molecule has 0 spiro atoms. The van der Waals surface area contributed by atoms with Crippen molar-refractivity contribution in [3.8, 4) is 5.75 Å². The lowest BCUT2D eigenvalue weighted by Crippen LogP contribution is -2.08. The van der Waals surface area contributed by atoms with Gasteiger partial charge in [0.25, 0.3) is 0 Å². The van der Waals surface area contributed by atoms with E-state index >= 15 is 0 Å². The highest BCUT2D eigenvalue weighted by atomic mass is 16.5. The van der Waals surface area contributed by atoms with E-state index in [1.807, 2.05) is 38.1 Å². The average Bonchev–Trinajstić information content (AvgIpc) is 2.59. The summed E-state index contributed by atoms with van der Waals surface area (Å²) in [5.41, 5.74) is 3.31. The molecular formula is C21H19NO4. The van der Waals surface area contributed by atoms with Crippen LogP contribution in [0.4, 0.5) is 5.69 Å². The molecule has 5 heteroatoms. The molecule has 3 aromatic rings. The topological polar surface area (TPSA) is 68.5 Å². The van der Waals surface area contributed by atoms with Crippen molar-refractivity contribution in [2.24, 2.45) is 0 Å². The molecule has 1 N–H and O–H groups in total. The molecule has 0 saturated carbocycles. The van der Waals surface area contributed by atoms with Crippen molar-refractivity contribution in [3.63, 3.8) is 0 Å². The van der Waals surface area contributed by atoms with Gasteiger partial charge in [-0.2, -0.15) is 0 Å². The van der Waals surface area contributed by atoms with Crippen molar-refractivity contribution < 1.29 is 13.9 Å². The lowest BCUT2D eigenvalue weighted by atomic mass is 10.1. The first-order valence-corrected chi connectivity index (χ1v) is 8.14. The normalized spacial score (nSPS) is 11.0. The molecule has 0 radical (unpaired) electrons. The molecular weight excluding hydrogens is 330 g/mol. The summed E-state index contributed by atoms with van der Waals surface area (Å²) >= 11 is 0. The summed E-state index contributed by atoms with van der Waals surface area (Å²) < 4.78 is 10.5. The number of anilines is 1. The van der Waals surface area contributed by atoms with E-state index in [0.717, 1.165) is 22.1 Å². The second kappa shape index (κ2) is 7.27. The minimum absolute atomic E-state index is 0.289. The summed E-state index contributed by atoms with van der Waals surface area (Å²) in [5.74, 6) is 0.408. The number of aryl methyl sites for hydroxylation is 2. The monoisotopic (exact) mass is 349 g/mol. The number of carbonyl (C=O) groups is 1. The largest absolute Gasteiger partial charge is 0.496 e. The molecule has 1 aromatic heterocycles. The molecule has 0 saturated heterocycles. The van der Waals surface area contributed by atoms with Gasteiger partial charge < -0.3 is 14.5 Å². The van der Waals surface area contributed by atoms with Crippen molar-refractivity contribution in [3.05, 3.63) is 75.7 Å². The van der Waals surface area contributed by atoms with Crippen LogP contribution in [0.5, 0.6) is 5.75 Å². The first kappa shape index (κ1) is 17.5. The third-order valence-electron chi connectivity index (χ3n) is 4.02. The Balaban J connectivity index is 1.81. The van der Waals surface area contributed by atoms with E-state index in [1.54, 1.807) is 25.3 Å². The van der Waals surface area contributed by atoms with Crippen molar-refractivity contribution in [2.45, 2.75) is 13.8 Å². The van der Waals surface area contributed by atoms with Crippen molar-refractivity contribution in [1.29, 1.82) is 0 Å². The van der Waals surface area contributed by atoms with Crippen LogP contribution in [0.15, 0.2) is 57.8 Å². The Hall–Kier alpha value is -3.34. The number of fused-ring (bicyclic) bond motifs is 1. The summed E-state index contributed by atoms with van der Waals surface area (Å²) in [5, 5.41) is 3.60. The minimum atomic E-state index is -0.412. The maximum Gasteiger partial charge on any atom is 0.336 e. The van der Waals surface area contributed by atoms with Gasteiger partial charge in [0.1, 0.15) is 11.3 Å². The standard InChI is InChI=1S/C21H19NO4/c1-13-4-8-18(25-3)15(10-13)5-9-20(23)22-16-6-7-17-14(2)11-21(24)26-19(17)12-16/h4-12H,1-3H3,(H,22,23)/b9-5+. The maximum atomic E-state index is 12.2. The van der Waals surface area contributed by atoms with Crippen LogP contribution >= 0.6 is 0 Å². The van der Waals surface area contributed by atoms with Crippen LogP contribution < -0.4 is 15.7 Å². The molecule has 0 bridgehead atoms. The van der Waals surface area contributed by atoms with E-state index < -0.39 is 5.63 Å². The fourth-order valence-corrected chi connectivity index (χ4v) is 2.74. The number of benzene rings is 2. The lowest BCUT2D eigenvalue weighted by Gasteiger charge is -2.06. The van der Waals surface area contributed by atoms with Gasteiger partial charge in [0.05, 0.1) is 7.11 Å². The molecule has 0 aliphatic rings. The zero-order chi connectivity index (χ0) is 18.7. The van der Waals surface area contributed by atoms with Gasteiger partial charge in [-0.25, -0.2) is 4.79 Å². The zero-order valence-corrected chi connectivity index (χ0v) is 14.8. The molecule has 0 aliphatic heterocycles. The molecule has 0 atom stereocenters. The van der Waals surface area contributed by atoms with E-state index in [4.69, 9.17) is 9.15 Å². The highest BCUT2D eigenvalue weighted by Gasteiger charge is 2.06. The first-order chi connectivity index (χ1) is 12.5. The number of hydrogen-bond acceptors (Lipinski definition) is 4. The highest BCUT2D eigenvalue weighted by Crippen LogP contribution is 2.22. The van der Waals surface area contributed by atoms with Gasteiger partial charge >= 0.3 is 5.63 Å². The summed E-state index contributed by atoms with van der Waals surface area (Å²) in [6, 6.07) is 12.4. The molecule has 0 aliphatic carbocycles. The molecule has 2 aromatic carbocycles. The van der Waals surface area contributed by atoms with Gasteiger partial charge in [-0.3, -0.25) is 4.79 Å². The van der Waals surface area contributed by atoms with E-state index in [-0.39, 0.29) is 5.91 Å². The van der Waals surface area contributed by atoms with Gasteiger partial charge in [-0.15, -0.1) is 0 Å². The molecule has 0 unspecified atom stereocenters. The number of amides is 1. The van der Waals surface area contributed by atoms with Gasteiger partial charge in [-0.1, -0.05) is 11.6 Å². The van der Waals surface area contributed by atoms with Crippen LogP contribution in [-0.2, 0) is 4.79 Å². The summed E-state index contributed by atoms with van der Waals surface area (Å²) in [7, 11) is 1.59. The maximum absolute atomic E-state index is 12.2. The Labute approximate surface area is 150 Å². The van der Waals surface area contributed by atoms with Crippen LogP contribution in [-0.4, -0.2) is 13.0 Å². The van der Waals surface area contributed by atoms with Crippen LogP contribution in [0.1, 0.15) is 16.7 Å². The third kappa shape index (κ3) is 3.83. The molecule has 3 rings (SSSR count). The van der Waals surface area contributed by atoms with Crippen molar-refractivity contribution >= 4 is 28.6 Å². The lowest BCUT2D eigenvalue weighted by molar-refractivity contribution is -0.111. The van der Waals surface area contributed by atoms with E-state index in [0.29, 0.717) is 17.0 Å². The zero-order valence-electron chi connectivity index (χ0n) is 14.8. The van der Waals surface area contributed by atoms with Gasteiger partial charge in [-0.05, 0) is 49.8 Å². The van der Waals surface area contributed by atoms with Crippen LogP contribution in [0, 0.1) is 13.8 Å².